The number of ketones is 1. The van der Waals surface area contributed by atoms with Crippen LogP contribution in [0.25, 0.3) is 0 Å². The van der Waals surface area contributed by atoms with Crippen molar-refractivity contribution in [1.29, 1.82) is 0 Å². The van der Waals surface area contributed by atoms with E-state index in [1.54, 1.807) is 38.3 Å². The highest BCUT2D eigenvalue weighted by atomic mass is 16.6. The van der Waals surface area contributed by atoms with Gasteiger partial charge in [0.2, 0.25) is 5.78 Å². The van der Waals surface area contributed by atoms with E-state index in [2.05, 4.69) is 20.8 Å². The molecule has 0 fully saturated rings. The molecule has 5 heteroatoms. The molecule has 1 atom stereocenters. The SMILES string of the molecule is COc1ccc(C(=O)C(C)OC(=O)COc2ccc(C(C)(C)C)cc2)cc1. The third-order valence-corrected chi connectivity index (χ3v) is 4.13. The maximum atomic E-state index is 12.3. The Kier molecular flexibility index (Phi) is 6.61. The molecule has 0 saturated heterocycles. The van der Waals surface area contributed by atoms with Crippen molar-refractivity contribution in [1.82, 2.24) is 0 Å². The van der Waals surface area contributed by atoms with E-state index in [1.165, 1.54) is 5.56 Å². The summed E-state index contributed by atoms with van der Waals surface area (Å²) in [5.41, 5.74) is 1.68. The highest BCUT2D eigenvalue weighted by Gasteiger charge is 2.20. The fraction of sp³-hybridized carbons (Fsp3) is 0.364. The van der Waals surface area contributed by atoms with Gasteiger partial charge in [0, 0.05) is 5.56 Å². The van der Waals surface area contributed by atoms with Crippen molar-refractivity contribution in [2.75, 3.05) is 13.7 Å². The number of ether oxygens (including phenoxy) is 3. The Morgan fingerprint density at radius 1 is 0.926 bits per heavy atom. The van der Waals surface area contributed by atoms with Crippen LogP contribution in [0.4, 0.5) is 0 Å². The van der Waals surface area contributed by atoms with Crippen molar-refractivity contribution in [2.45, 2.75) is 39.2 Å². The second-order valence-electron chi connectivity index (χ2n) is 7.29. The Labute approximate surface area is 160 Å². The molecule has 1 unspecified atom stereocenters. The van der Waals surface area contributed by atoms with Crippen molar-refractivity contribution in [3.63, 3.8) is 0 Å². The highest BCUT2D eigenvalue weighted by Crippen LogP contribution is 2.24. The molecule has 2 aromatic carbocycles. The molecular formula is C22H26O5. The lowest BCUT2D eigenvalue weighted by Gasteiger charge is -2.19. The molecule has 0 aromatic heterocycles. The topological polar surface area (TPSA) is 61.8 Å². The fourth-order valence-electron chi connectivity index (χ4n) is 2.47. The van der Waals surface area contributed by atoms with E-state index in [9.17, 15) is 9.59 Å². The monoisotopic (exact) mass is 370 g/mol. The number of methoxy groups -OCH3 is 1. The number of hydrogen-bond donors (Lipinski definition) is 0. The summed E-state index contributed by atoms with van der Waals surface area (Å²) in [6.45, 7) is 7.67. The van der Waals surface area contributed by atoms with Gasteiger partial charge in [-0.05, 0) is 54.3 Å². The van der Waals surface area contributed by atoms with Crippen molar-refractivity contribution >= 4 is 11.8 Å². The summed E-state index contributed by atoms with van der Waals surface area (Å²) >= 11 is 0. The van der Waals surface area contributed by atoms with Gasteiger partial charge in [-0.2, -0.15) is 0 Å². The molecule has 144 valence electrons. The van der Waals surface area contributed by atoms with E-state index in [4.69, 9.17) is 14.2 Å². The standard InChI is InChI=1S/C22H26O5/c1-15(21(24)16-6-10-18(25-5)11-7-16)27-20(23)14-26-19-12-8-17(9-13-19)22(2,3)4/h6-13,15H,14H2,1-5H3. The van der Waals surface area contributed by atoms with E-state index in [-0.39, 0.29) is 17.8 Å². The van der Waals surface area contributed by atoms with Gasteiger partial charge in [0.15, 0.2) is 12.7 Å². The minimum atomic E-state index is -0.891. The molecule has 0 spiro atoms. The minimum absolute atomic E-state index is 0.0503. The lowest BCUT2D eigenvalue weighted by atomic mass is 9.87. The largest absolute Gasteiger partial charge is 0.497 e. The number of carbonyl (C=O) groups is 2. The number of rotatable bonds is 7. The first-order valence-electron chi connectivity index (χ1n) is 8.82. The van der Waals surface area contributed by atoms with E-state index in [0.29, 0.717) is 17.1 Å². The zero-order chi connectivity index (χ0) is 20.0. The van der Waals surface area contributed by atoms with Crippen molar-refractivity contribution in [3.05, 3.63) is 59.7 Å². The summed E-state index contributed by atoms with van der Waals surface area (Å²) in [4.78, 5) is 24.3. The van der Waals surface area contributed by atoms with Crippen LogP contribution in [0.15, 0.2) is 48.5 Å². The second-order valence-corrected chi connectivity index (χ2v) is 7.29. The molecular weight excluding hydrogens is 344 g/mol. The van der Waals surface area contributed by atoms with Crippen molar-refractivity contribution in [2.24, 2.45) is 0 Å². The molecule has 0 amide bonds. The number of benzene rings is 2. The first-order valence-corrected chi connectivity index (χ1v) is 8.82. The van der Waals surface area contributed by atoms with Crippen LogP contribution in [0.3, 0.4) is 0 Å². The fourth-order valence-corrected chi connectivity index (χ4v) is 2.47. The number of Topliss-reactive ketones (excluding diaryl/α,β-unsaturated/α-hetero) is 1. The van der Waals surface area contributed by atoms with E-state index < -0.39 is 12.1 Å². The van der Waals surface area contributed by atoms with Crippen LogP contribution < -0.4 is 9.47 Å². The van der Waals surface area contributed by atoms with E-state index >= 15 is 0 Å². The number of carbonyl (C=O) groups excluding carboxylic acids is 2. The Bertz CT molecular complexity index is 770. The smallest absolute Gasteiger partial charge is 0.344 e. The van der Waals surface area contributed by atoms with Gasteiger partial charge < -0.3 is 14.2 Å². The maximum absolute atomic E-state index is 12.3. The summed E-state index contributed by atoms with van der Waals surface area (Å²) in [6.07, 6.45) is -0.891. The summed E-state index contributed by atoms with van der Waals surface area (Å²) in [5, 5.41) is 0. The van der Waals surface area contributed by atoms with Gasteiger partial charge in [-0.15, -0.1) is 0 Å². The van der Waals surface area contributed by atoms with Crippen molar-refractivity contribution < 1.29 is 23.8 Å². The average Bonchev–Trinajstić information content (AvgIpc) is 2.65. The minimum Gasteiger partial charge on any atom is -0.497 e. The quantitative estimate of drug-likeness (QED) is 0.540. The van der Waals surface area contributed by atoms with Gasteiger partial charge in [0.1, 0.15) is 11.5 Å². The van der Waals surface area contributed by atoms with Gasteiger partial charge in [0.25, 0.3) is 0 Å². The lowest BCUT2D eigenvalue weighted by molar-refractivity contribution is -0.148. The first kappa shape index (κ1) is 20.5. The molecule has 27 heavy (non-hydrogen) atoms. The summed E-state index contributed by atoms with van der Waals surface area (Å²) in [6, 6.07) is 14.2. The molecule has 0 N–H and O–H groups in total. The van der Waals surface area contributed by atoms with Crippen LogP contribution in [0.2, 0.25) is 0 Å². The van der Waals surface area contributed by atoms with E-state index in [1.807, 2.05) is 24.3 Å². The zero-order valence-electron chi connectivity index (χ0n) is 16.4. The Morgan fingerprint density at radius 2 is 1.48 bits per heavy atom. The van der Waals surface area contributed by atoms with Gasteiger partial charge in [-0.25, -0.2) is 4.79 Å². The van der Waals surface area contributed by atoms with Crippen LogP contribution >= 0.6 is 0 Å². The van der Waals surface area contributed by atoms with Crippen LogP contribution in [-0.2, 0) is 14.9 Å². The van der Waals surface area contributed by atoms with Crippen LogP contribution in [0, 0.1) is 0 Å². The summed E-state index contributed by atoms with van der Waals surface area (Å²) in [7, 11) is 1.55. The normalized spacial score (nSPS) is 12.2. The molecule has 0 aliphatic carbocycles. The highest BCUT2D eigenvalue weighted by molar-refractivity contribution is 6.00. The lowest BCUT2D eigenvalue weighted by Crippen LogP contribution is -2.27. The third kappa shape index (κ3) is 5.84. The molecule has 0 radical (unpaired) electrons. The molecule has 0 saturated carbocycles. The van der Waals surface area contributed by atoms with Gasteiger partial charge in [-0.1, -0.05) is 32.9 Å². The molecule has 0 aliphatic rings. The summed E-state index contributed by atoms with van der Waals surface area (Å²) < 4.78 is 15.7. The first-order chi connectivity index (χ1) is 12.7. The van der Waals surface area contributed by atoms with Crippen LogP contribution in [0.1, 0.15) is 43.6 Å². The predicted molar refractivity (Wildman–Crippen MR) is 104 cm³/mol. The Morgan fingerprint density at radius 3 is 2.00 bits per heavy atom. The van der Waals surface area contributed by atoms with Crippen LogP contribution in [0.5, 0.6) is 11.5 Å². The summed E-state index contributed by atoms with van der Waals surface area (Å²) in [5.74, 6) is 0.362. The van der Waals surface area contributed by atoms with E-state index in [0.717, 1.165) is 0 Å². The van der Waals surface area contributed by atoms with Gasteiger partial charge in [-0.3, -0.25) is 4.79 Å². The molecule has 2 rings (SSSR count). The zero-order valence-corrected chi connectivity index (χ0v) is 16.4. The third-order valence-electron chi connectivity index (χ3n) is 4.13. The van der Waals surface area contributed by atoms with Gasteiger partial charge in [0.05, 0.1) is 7.11 Å². The maximum Gasteiger partial charge on any atom is 0.344 e. The Hall–Kier alpha value is -2.82. The average molecular weight is 370 g/mol. The van der Waals surface area contributed by atoms with Crippen LogP contribution in [-0.4, -0.2) is 31.6 Å². The molecule has 0 heterocycles. The van der Waals surface area contributed by atoms with Crippen molar-refractivity contribution in [3.8, 4) is 11.5 Å². The Balaban J connectivity index is 1.86. The molecule has 0 bridgehead atoms. The molecule has 0 aliphatic heterocycles. The molecule has 5 nitrogen and oxygen atoms in total. The molecule has 2 aromatic rings. The number of esters is 1. The predicted octanol–water partition coefficient (Wildman–Crippen LogP) is 4.19. The van der Waals surface area contributed by atoms with Gasteiger partial charge >= 0.3 is 5.97 Å². The number of hydrogen-bond acceptors (Lipinski definition) is 5. The second kappa shape index (κ2) is 8.71.